The van der Waals surface area contributed by atoms with Gasteiger partial charge in [-0.05, 0) is 31.4 Å². The van der Waals surface area contributed by atoms with Crippen molar-refractivity contribution in [3.63, 3.8) is 0 Å². The van der Waals surface area contributed by atoms with Crippen molar-refractivity contribution < 1.29 is 13.3 Å². The van der Waals surface area contributed by atoms with Crippen molar-refractivity contribution in [2.75, 3.05) is 45.3 Å². The fraction of sp³-hybridized carbons (Fsp3) is 0.526. The number of nitrogens with zero attached hydrogens (tertiary/aromatic N) is 3. The minimum Gasteiger partial charge on any atom is -0.378 e. The van der Waals surface area contributed by atoms with E-state index in [2.05, 4.69) is 22.2 Å². The van der Waals surface area contributed by atoms with Gasteiger partial charge in [-0.25, -0.2) is 8.42 Å². The zero-order valence-electron chi connectivity index (χ0n) is 17.3. The van der Waals surface area contributed by atoms with E-state index in [-0.39, 0.29) is 16.3 Å². The molecule has 0 amide bonds. The molecule has 0 bridgehead atoms. The molecule has 0 unspecified atom stereocenters. The minimum atomic E-state index is -3.51. The van der Waals surface area contributed by atoms with Crippen LogP contribution in [-0.2, 0) is 9.84 Å². The number of guanidine groups is 1. The molecule has 1 aromatic rings. The van der Waals surface area contributed by atoms with E-state index in [4.69, 9.17) is 0 Å². The number of anilines is 1. The first-order valence-electron chi connectivity index (χ1n) is 9.45. The van der Waals surface area contributed by atoms with Crippen LogP contribution in [0.25, 0.3) is 0 Å². The summed E-state index contributed by atoms with van der Waals surface area (Å²) in [6, 6.07) is 3.85. The van der Waals surface area contributed by atoms with Gasteiger partial charge in [-0.3, -0.25) is 15.1 Å². The van der Waals surface area contributed by atoms with Gasteiger partial charge in [0.05, 0.1) is 9.82 Å². The van der Waals surface area contributed by atoms with Gasteiger partial charge in [0.25, 0.3) is 5.69 Å². The maximum Gasteiger partial charge on any atom is 0.293 e. The molecule has 1 rings (SSSR count). The molecule has 29 heavy (non-hydrogen) atoms. The number of nitro benzene ring substituents is 1. The Hall–Kier alpha value is -2.62. The van der Waals surface area contributed by atoms with Crippen LogP contribution in [0.4, 0.5) is 11.4 Å². The van der Waals surface area contributed by atoms with Gasteiger partial charge in [0.1, 0.15) is 5.69 Å². The zero-order chi connectivity index (χ0) is 21.9. The van der Waals surface area contributed by atoms with Gasteiger partial charge in [0.2, 0.25) is 0 Å². The Morgan fingerprint density at radius 3 is 2.62 bits per heavy atom. The third-order valence-corrected chi connectivity index (χ3v) is 5.40. The summed E-state index contributed by atoms with van der Waals surface area (Å²) >= 11 is 0. The summed E-state index contributed by atoms with van der Waals surface area (Å²) in [4.78, 5) is 16.9. The highest BCUT2D eigenvalue weighted by atomic mass is 32.2. The van der Waals surface area contributed by atoms with E-state index >= 15 is 0 Å². The molecule has 0 heterocycles. The molecular weight excluding hydrogens is 394 g/mol. The van der Waals surface area contributed by atoms with E-state index in [0.717, 1.165) is 50.5 Å². The third kappa shape index (κ3) is 8.51. The summed E-state index contributed by atoms with van der Waals surface area (Å²) in [5.41, 5.74) is 0.00344. The Morgan fingerprint density at radius 2 is 2.03 bits per heavy atom. The van der Waals surface area contributed by atoms with Crippen molar-refractivity contribution in [3.05, 3.63) is 41.0 Å². The summed E-state index contributed by atoms with van der Waals surface area (Å²) < 4.78 is 23.2. The highest BCUT2D eigenvalue weighted by molar-refractivity contribution is 7.90. The highest BCUT2D eigenvalue weighted by Crippen LogP contribution is 2.27. The van der Waals surface area contributed by atoms with Crippen molar-refractivity contribution in [2.24, 2.45) is 4.99 Å². The standard InChI is InChI=1S/C19H31N5O4S/c1-5-6-7-8-9-14-23(3)19(20-2)22-13-12-21-17-11-10-16(29(4,27)28)15-18(17)24(25)26/h5,10-11,15,21H,1,6-9,12-14H2,2-4H3,(H,20,22). The molecule has 9 nitrogen and oxygen atoms in total. The smallest absolute Gasteiger partial charge is 0.293 e. The lowest BCUT2D eigenvalue weighted by Gasteiger charge is -2.22. The van der Waals surface area contributed by atoms with E-state index in [9.17, 15) is 18.5 Å². The Bertz CT molecular complexity index is 824. The van der Waals surface area contributed by atoms with Crippen LogP contribution in [0.15, 0.2) is 40.7 Å². The highest BCUT2D eigenvalue weighted by Gasteiger charge is 2.18. The van der Waals surface area contributed by atoms with Crippen LogP contribution in [0, 0.1) is 10.1 Å². The predicted octanol–water partition coefficient (Wildman–Crippen LogP) is 2.66. The molecule has 2 N–H and O–H groups in total. The molecule has 0 atom stereocenters. The fourth-order valence-electron chi connectivity index (χ4n) is 2.72. The first-order chi connectivity index (χ1) is 13.7. The zero-order valence-corrected chi connectivity index (χ0v) is 18.2. The van der Waals surface area contributed by atoms with E-state index in [1.54, 1.807) is 7.05 Å². The minimum absolute atomic E-state index is 0.0806. The van der Waals surface area contributed by atoms with Crippen LogP contribution in [-0.4, -0.2) is 64.2 Å². The van der Waals surface area contributed by atoms with Crippen LogP contribution in [0.2, 0.25) is 0 Å². The van der Waals surface area contributed by atoms with E-state index in [0.29, 0.717) is 13.1 Å². The first-order valence-corrected chi connectivity index (χ1v) is 11.3. The summed E-state index contributed by atoms with van der Waals surface area (Å²) in [5, 5.41) is 17.5. The Balaban J connectivity index is 2.56. The molecule has 0 aromatic heterocycles. The molecule has 0 aliphatic carbocycles. The lowest BCUT2D eigenvalue weighted by Crippen LogP contribution is -2.41. The molecule has 1 aromatic carbocycles. The predicted molar refractivity (Wildman–Crippen MR) is 117 cm³/mol. The SMILES string of the molecule is C=CCCCCCN(C)C(=NC)NCCNc1ccc(S(C)(=O)=O)cc1[N+](=O)[O-]. The quantitative estimate of drug-likeness (QED) is 0.132. The number of sulfone groups is 1. The van der Waals surface area contributed by atoms with E-state index in [1.807, 2.05) is 18.0 Å². The van der Waals surface area contributed by atoms with Gasteiger partial charge < -0.3 is 15.5 Å². The largest absolute Gasteiger partial charge is 0.378 e. The third-order valence-electron chi connectivity index (χ3n) is 4.29. The molecule has 0 aliphatic heterocycles. The maximum absolute atomic E-state index is 11.6. The van der Waals surface area contributed by atoms with Crippen LogP contribution in [0.5, 0.6) is 0 Å². The van der Waals surface area contributed by atoms with Crippen LogP contribution >= 0.6 is 0 Å². The topological polar surface area (TPSA) is 117 Å². The monoisotopic (exact) mass is 425 g/mol. The number of hydrogen-bond donors (Lipinski definition) is 2. The molecule has 0 fully saturated rings. The van der Waals surface area contributed by atoms with Gasteiger partial charge >= 0.3 is 0 Å². The number of unbranched alkanes of at least 4 members (excludes halogenated alkanes) is 3. The number of hydrogen-bond acceptors (Lipinski definition) is 6. The second-order valence-corrected chi connectivity index (χ2v) is 8.68. The lowest BCUT2D eigenvalue weighted by molar-refractivity contribution is -0.384. The first kappa shape index (κ1) is 24.4. The molecule has 0 radical (unpaired) electrons. The molecule has 0 saturated carbocycles. The Kier molecular flexibility index (Phi) is 10.1. The number of allylic oxidation sites excluding steroid dienone is 1. The van der Waals surface area contributed by atoms with Gasteiger partial charge in [-0.1, -0.05) is 12.5 Å². The summed E-state index contributed by atoms with van der Waals surface area (Å²) in [6.07, 6.45) is 7.29. The lowest BCUT2D eigenvalue weighted by atomic mass is 10.2. The van der Waals surface area contributed by atoms with Crippen LogP contribution < -0.4 is 10.6 Å². The van der Waals surface area contributed by atoms with E-state index < -0.39 is 14.8 Å². The number of benzene rings is 1. The van der Waals surface area contributed by atoms with Crippen molar-refractivity contribution in [3.8, 4) is 0 Å². The molecule has 10 heteroatoms. The molecule has 0 saturated heterocycles. The van der Waals surface area contributed by atoms with Crippen molar-refractivity contribution >= 4 is 27.2 Å². The van der Waals surface area contributed by atoms with Crippen molar-refractivity contribution in [2.45, 2.75) is 30.6 Å². The number of aliphatic imine (C=N–C) groups is 1. The number of rotatable bonds is 12. The van der Waals surface area contributed by atoms with Crippen LogP contribution in [0.1, 0.15) is 25.7 Å². The molecule has 0 aliphatic rings. The molecule has 0 spiro atoms. The normalized spacial score (nSPS) is 11.8. The second kappa shape index (κ2) is 12.1. The second-order valence-electron chi connectivity index (χ2n) is 6.67. The van der Waals surface area contributed by atoms with Gasteiger partial charge in [0, 0.05) is 46.1 Å². The summed E-state index contributed by atoms with van der Waals surface area (Å²) in [7, 11) is 0.162. The van der Waals surface area contributed by atoms with Gasteiger partial charge in [-0.2, -0.15) is 0 Å². The maximum atomic E-state index is 11.6. The van der Waals surface area contributed by atoms with E-state index in [1.165, 1.54) is 12.1 Å². The Morgan fingerprint density at radius 1 is 1.31 bits per heavy atom. The average molecular weight is 426 g/mol. The number of nitrogens with one attached hydrogen (secondary N) is 2. The van der Waals surface area contributed by atoms with Gasteiger partial charge in [0.15, 0.2) is 15.8 Å². The Labute approximate surface area is 173 Å². The average Bonchev–Trinajstić information content (AvgIpc) is 2.66. The van der Waals surface area contributed by atoms with Crippen LogP contribution in [0.3, 0.4) is 0 Å². The van der Waals surface area contributed by atoms with Crippen molar-refractivity contribution in [1.82, 2.24) is 10.2 Å². The molecule has 162 valence electrons. The van der Waals surface area contributed by atoms with Crippen molar-refractivity contribution in [1.29, 1.82) is 0 Å². The number of nitro groups is 1. The summed E-state index contributed by atoms with van der Waals surface area (Å²) in [6.45, 7) is 5.50. The summed E-state index contributed by atoms with van der Waals surface area (Å²) in [5.74, 6) is 0.748. The van der Waals surface area contributed by atoms with Gasteiger partial charge in [-0.15, -0.1) is 6.58 Å². The fourth-order valence-corrected chi connectivity index (χ4v) is 3.36. The molecular formula is C19H31N5O4S.